The summed E-state index contributed by atoms with van der Waals surface area (Å²) in [6.07, 6.45) is 0.928. The molecule has 2 bridgehead atoms. The molecule has 1 aromatic carbocycles. The molecule has 3 fully saturated rings. The molecule has 17 heavy (non-hydrogen) atoms. The molecular formula is C13H14N2O2. The van der Waals surface area contributed by atoms with E-state index in [0.717, 1.165) is 12.1 Å². The second-order valence-electron chi connectivity index (χ2n) is 4.67. The van der Waals surface area contributed by atoms with Gasteiger partial charge in [-0.1, -0.05) is 12.1 Å². The van der Waals surface area contributed by atoms with Crippen LogP contribution in [-0.2, 0) is 4.79 Å². The third-order valence-corrected chi connectivity index (χ3v) is 3.50. The highest BCUT2D eigenvalue weighted by molar-refractivity contribution is 6.07. The molecule has 0 aliphatic carbocycles. The van der Waals surface area contributed by atoms with E-state index >= 15 is 0 Å². The number of piperazine rings is 1. The number of amides is 1. The van der Waals surface area contributed by atoms with E-state index in [1.807, 2.05) is 18.2 Å². The topological polar surface area (TPSA) is 49.4 Å². The minimum atomic E-state index is -0.0474. The van der Waals surface area contributed by atoms with Crippen LogP contribution in [-0.4, -0.2) is 30.3 Å². The van der Waals surface area contributed by atoms with E-state index in [1.54, 1.807) is 11.0 Å². The number of carbonyl (C=O) groups excluding carboxylic acids is 2. The summed E-state index contributed by atoms with van der Waals surface area (Å²) in [5.41, 5.74) is 1.38. The van der Waals surface area contributed by atoms with Crippen LogP contribution in [0.15, 0.2) is 24.3 Å². The van der Waals surface area contributed by atoms with E-state index in [-0.39, 0.29) is 17.7 Å². The van der Waals surface area contributed by atoms with Gasteiger partial charge < -0.3 is 10.2 Å². The number of benzene rings is 1. The van der Waals surface area contributed by atoms with Crippen molar-refractivity contribution in [1.29, 1.82) is 0 Å². The lowest BCUT2D eigenvalue weighted by Crippen LogP contribution is -2.70. The smallest absolute Gasteiger partial charge is 0.244 e. The Morgan fingerprint density at radius 2 is 2.12 bits per heavy atom. The number of hydrogen-bond donors (Lipinski definition) is 1. The van der Waals surface area contributed by atoms with Crippen molar-refractivity contribution in [1.82, 2.24) is 5.32 Å². The number of piperidine rings is 1. The first-order chi connectivity index (χ1) is 8.16. The molecule has 3 aliphatic heterocycles. The van der Waals surface area contributed by atoms with E-state index in [0.29, 0.717) is 18.2 Å². The van der Waals surface area contributed by atoms with Crippen molar-refractivity contribution in [3.8, 4) is 0 Å². The SMILES string of the molecule is CC(=O)c1ccccc1N1CC2CC(N2)C1=O. The Hall–Kier alpha value is -1.68. The minimum absolute atomic E-state index is 0.000561. The highest BCUT2D eigenvalue weighted by Gasteiger charge is 2.44. The Morgan fingerprint density at radius 3 is 2.76 bits per heavy atom. The quantitative estimate of drug-likeness (QED) is 0.770. The molecule has 4 nitrogen and oxygen atoms in total. The summed E-state index contributed by atoms with van der Waals surface area (Å²) in [5.74, 6) is 0.0850. The molecule has 4 rings (SSSR count). The maximum absolute atomic E-state index is 12.1. The largest absolute Gasteiger partial charge is 0.309 e. The molecule has 3 saturated heterocycles. The zero-order valence-electron chi connectivity index (χ0n) is 9.64. The zero-order valence-corrected chi connectivity index (χ0v) is 9.64. The summed E-state index contributed by atoms with van der Waals surface area (Å²) in [4.78, 5) is 25.4. The van der Waals surface area contributed by atoms with Gasteiger partial charge in [-0.2, -0.15) is 0 Å². The first-order valence-electron chi connectivity index (χ1n) is 5.84. The van der Waals surface area contributed by atoms with Gasteiger partial charge in [0, 0.05) is 18.2 Å². The van der Waals surface area contributed by atoms with E-state index in [1.165, 1.54) is 6.92 Å². The number of rotatable bonds is 2. The van der Waals surface area contributed by atoms with Crippen LogP contribution in [0, 0.1) is 0 Å². The summed E-state index contributed by atoms with van der Waals surface area (Å²) in [6, 6.07) is 7.65. The highest BCUT2D eigenvalue weighted by Crippen LogP contribution is 2.29. The molecule has 88 valence electrons. The van der Waals surface area contributed by atoms with Gasteiger partial charge in [0.1, 0.15) is 0 Å². The van der Waals surface area contributed by atoms with Crippen molar-refractivity contribution >= 4 is 17.4 Å². The van der Waals surface area contributed by atoms with Crippen molar-refractivity contribution in [2.45, 2.75) is 25.4 Å². The van der Waals surface area contributed by atoms with Crippen LogP contribution in [0.4, 0.5) is 5.69 Å². The lowest BCUT2D eigenvalue weighted by molar-refractivity contribution is -0.125. The fourth-order valence-electron chi connectivity index (χ4n) is 2.57. The Balaban J connectivity index is 1.99. The Labute approximate surface area is 99.6 Å². The second-order valence-corrected chi connectivity index (χ2v) is 4.67. The summed E-state index contributed by atoms with van der Waals surface area (Å²) in [6.45, 7) is 2.20. The second kappa shape index (κ2) is 3.67. The number of Topliss-reactive ketones (excluding diaryl/α,β-unsaturated/α-hetero) is 1. The van der Waals surface area contributed by atoms with Crippen LogP contribution in [0.2, 0.25) is 0 Å². The van der Waals surface area contributed by atoms with Gasteiger partial charge >= 0.3 is 0 Å². The molecule has 0 aromatic heterocycles. The van der Waals surface area contributed by atoms with Crippen molar-refractivity contribution in [2.75, 3.05) is 11.4 Å². The van der Waals surface area contributed by atoms with Crippen LogP contribution in [0.3, 0.4) is 0 Å². The third-order valence-electron chi connectivity index (χ3n) is 3.50. The van der Waals surface area contributed by atoms with Crippen molar-refractivity contribution < 1.29 is 9.59 Å². The lowest BCUT2D eigenvalue weighted by atomic mass is 9.89. The van der Waals surface area contributed by atoms with E-state index in [9.17, 15) is 9.59 Å². The molecule has 0 spiro atoms. The van der Waals surface area contributed by atoms with Crippen molar-refractivity contribution in [2.24, 2.45) is 0 Å². The summed E-state index contributed by atoms with van der Waals surface area (Å²) < 4.78 is 0. The Kier molecular flexibility index (Phi) is 2.26. The molecule has 0 saturated carbocycles. The number of fused-ring (bicyclic) bond motifs is 2. The van der Waals surface area contributed by atoms with E-state index < -0.39 is 0 Å². The first-order valence-corrected chi connectivity index (χ1v) is 5.84. The number of carbonyl (C=O) groups is 2. The monoisotopic (exact) mass is 230 g/mol. The highest BCUT2D eigenvalue weighted by atomic mass is 16.2. The standard InChI is InChI=1S/C13H14N2O2/c1-8(16)10-4-2-3-5-12(10)15-7-9-6-11(14-9)13(15)17/h2-5,9,11,14H,6-7H2,1H3. The lowest BCUT2D eigenvalue weighted by Gasteiger charge is -2.47. The van der Waals surface area contributed by atoms with Gasteiger partial charge in [-0.3, -0.25) is 9.59 Å². The van der Waals surface area contributed by atoms with Gasteiger partial charge in [0.25, 0.3) is 0 Å². The number of anilines is 1. The van der Waals surface area contributed by atoms with E-state index in [2.05, 4.69) is 5.32 Å². The van der Waals surface area contributed by atoms with Crippen LogP contribution in [0.1, 0.15) is 23.7 Å². The van der Waals surface area contributed by atoms with Gasteiger partial charge in [0.05, 0.1) is 11.7 Å². The van der Waals surface area contributed by atoms with Crippen molar-refractivity contribution in [3.63, 3.8) is 0 Å². The van der Waals surface area contributed by atoms with Crippen LogP contribution in [0.5, 0.6) is 0 Å². The zero-order chi connectivity index (χ0) is 12.0. The maximum Gasteiger partial charge on any atom is 0.244 e. The summed E-state index contributed by atoms with van der Waals surface area (Å²) in [7, 11) is 0. The summed E-state index contributed by atoms with van der Waals surface area (Å²) in [5, 5.41) is 3.20. The van der Waals surface area contributed by atoms with Gasteiger partial charge in [-0.25, -0.2) is 0 Å². The van der Waals surface area contributed by atoms with Crippen LogP contribution in [0.25, 0.3) is 0 Å². The molecule has 0 radical (unpaired) electrons. The number of ketones is 1. The summed E-state index contributed by atoms with van der Waals surface area (Å²) >= 11 is 0. The molecular weight excluding hydrogens is 216 g/mol. The van der Waals surface area contributed by atoms with Crippen LogP contribution >= 0.6 is 0 Å². The van der Waals surface area contributed by atoms with Gasteiger partial charge in [0.15, 0.2) is 5.78 Å². The van der Waals surface area contributed by atoms with E-state index in [4.69, 9.17) is 0 Å². The molecule has 1 aromatic rings. The Bertz CT molecular complexity index is 492. The average molecular weight is 230 g/mol. The van der Waals surface area contributed by atoms with Crippen molar-refractivity contribution in [3.05, 3.63) is 29.8 Å². The third kappa shape index (κ3) is 1.56. The predicted molar refractivity (Wildman–Crippen MR) is 64.1 cm³/mol. The molecule has 1 N–H and O–H groups in total. The molecule has 2 atom stereocenters. The number of nitrogens with zero attached hydrogens (tertiary/aromatic N) is 1. The molecule has 4 heteroatoms. The fraction of sp³-hybridized carbons (Fsp3) is 0.385. The normalized spacial score (nSPS) is 26.6. The van der Waals surface area contributed by atoms with Gasteiger partial charge in [-0.05, 0) is 25.5 Å². The van der Waals surface area contributed by atoms with Gasteiger partial charge in [0.2, 0.25) is 5.91 Å². The first kappa shape index (κ1) is 10.5. The predicted octanol–water partition coefficient (Wildman–Crippen LogP) is 0.966. The van der Waals surface area contributed by atoms with Gasteiger partial charge in [-0.15, -0.1) is 0 Å². The molecule has 1 amide bonds. The van der Waals surface area contributed by atoms with Crippen LogP contribution < -0.4 is 10.2 Å². The maximum atomic E-state index is 12.1. The number of nitrogens with one attached hydrogen (secondary N) is 1. The number of hydrogen-bond acceptors (Lipinski definition) is 3. The minimum Gasteiger partial charge on any atom is -0.309 e. The molecule has 3 aliphatic rings. The molecule has 2 unspecified atom stereocenters. The Morgan fingerprint density at radius 1 is 1.41 bits per heavy atom. The molecule has 3 heterocycles. The number of para-hydroxylation sites is 1. The average Bonchev–Trinajstić information content (AvgIpc) is 2.27. The fourth-order valence-corrected chi connectivity index (χ4v) is 2.57.